The summed E-state index contributed by atoms with van der Waals surface area (Å²) in [6.45, 7) is -0.353. The highest BCUT2D eigenvalue weighted by Crippen LogP contribution is 2.52. The highest BCUT2D eigenvalue weighted by molar-refractivity contribution is 7.47. The number of phosphoric acid groups is 1. The van der Waals surface area contributed by atoms with Gasteiger partial charge in [-0.2, -0.15) is 4.98 Å². The third kappa shape index (κ3) is 4.54. The number of aromatic amines is 1. The monoisotopic (exact) mass is 609 g/mol. The smallest absolute Gasteiger partial charge is 0.383 e. The van der Waals surface area contributed by atoms with E-state index in [9.17, 15) is 18.6 Å². The molecule has 4 aromatic heterocycles. The molecule has 3 fully saturated rings. The molecule has 1 unspecified atom stereocenters. The molecule has 0 radical (unpaired) electrons. The predicted octanol–water partition coefficient (Wildman–Crippen LogP) is 1.69. The fourth-order valence-corrected chi connectivity index (χ4v) is 6.97. The third-order valence-electron chi connectivity index (χ3n) is 7.97. The lowest BCUT2D eigenvalue weighted by atomic mass is 9.93. The number of aromatic nitrogens is 7. The molecule has 0 aliphatic carbocycles. The lowest BCUT2D eigenvalue weighted by Crippen LogP contribution is -2.32. The van der Waals surface area contributed by atoms with Crippen molar-refractivity contribution < 1.29 is 36.8 Å². The van der Waals surface area contributed by atoms with E-state index in [1.807, 2.05) is 0 Å². The van der Waals surface area contributed by atoms with E-state index >= 15 is 4.39 Å². The molecule has 224 valence electrons. The Morgan fingerprint density at radius 3 is 2.79 bits per heavy atom. The van der Waals surface area contributed by atoms with E-state index in [1.165, 1.54) is 28.0 Å². The molecular weight excluding hydrogens is 583 g/mol. The summed E-state index contributed by atoms with van der Waals surface area (Å²) in [4.78, 5) is 41.3. The van der Waals surface area contributed by atoms with Crippen LogP contribution in [0.3, 0.4) is 0 Å². The van der Waals surface area contributed by atoms with Gasteiger partial charge in [-0.15, -0.1) is 0 Å². The molecule has 0 spiro atoms. The average molecular weight is 609 g/mol. The molecule has 7 heterocycles. The molecule has 2 bridgehead atoms. The van der Waals surface area contributed by atoms with Gasteiger partial charge in [-0.25, -0.2) is 28.3 Å². The first-order valence-electron chi connectivity index (χ1n) is 13.2. The second kappa shape index (κ2) is 10.0. The number of nitrogens with zero attached hydrogens (tertiary/aromatic N) is 6. The Hall–Kier alpha value is -3.54. The molecule has 8 atom stereocenters. The minimum atomic E-state index is -4.87. The van der Waals surface area contributed by atoms with Crippen molar-refractivity contribution in [2.75, 3.05) is 18.1 Å². The van der Waals surface area contributed by atoms with Gasteiger partial charge in [0.05, 0.1) is 30.5 Å². The molecule has 4 aromatic rings. The van der Waals surface area contributed by atoms with Gasteiger partial charge in [-0.05, 0) is 25.2 Å². The van der Waals surface area contributed by atoms with Crippen LogP contribution >= 0.6 is 7.82 Å². The minimum absolute atomic E-state index is 0.00400. The largest absolute Gasteiger partial charge is 0.472 e. The van der Waals surface area contributed by atoms with Crippen molar-refractivity contribution in [3.63, 3.8) is 0 Å². The summed E-state index contributed by atoms with van der Waals surface area (Å²) in [5.74, 6) is -1.01. The maximum Gasteiger partial charge on any atom is 0.472 e. The normalized spacial score (nSPS) is 33.9. The number of nitrogen functional groups attached to an aromatic ring is 2. The predicted molar refractivity (Wildman–Crippen MR) is 140 cm³/mol. The zero-order chi connectivity index (χ0) is 29.3. The summed E-state index contributed by atoms with van der Waals surface area (Å²) >= 11 is 0. The highest BCUT2D eigenvalue weighted by Gasteiger charge is 2.51. The quantitative estimate of drug-likeness (QED) is 0.238. The van der Waals surface area contributed by atoms with Gasteiger partial charge in [-0.3, -0.25) is 23.4 Å². The lowest BCUT2D eigenvalue weighted by Gasteiger charge is -2.25. The number of H-pyrrole nitrogens is 1. The summed E-state index contributed by atoms with van der Waals surface area (Å²) < 4.78 is 69.0. The van der Waals surface area contributed by atoms with Crippen LogP contribution in [0.1, 0.15) is 38.1 Å². The fraction of sp³-hybridized carbons (Fsp3) is 0.522. The number of imidazole rings is 1. The van der Waals surface area contributed by atoms with Crippen LogP contribution in [0, 0.1) is 11.7 Å². The van der Waals surface area contributed by atoms with E-state index in [-0.39, 0.29) is 52.9 Å². The van der Waals surface area contributed by atoms with Crippen molar-refractivity contribution >= 4 is 41.8 Å². The van der Waals surface area contributed by atoms with Gasteiger partial charge in [0.1, 0.15) is 24.5 Å². The van der Waals surface area contributed by atoms with Crippen molar-refractivity contribution in [3.05, 3.63) is 35.0 Å². The summed E-state index contributed by atoms with van der Waals surface area (Å²) in [7, 11) is -4.87. The number of halogens is 2. The SMILES string of the molecule is Nc1nc2c(ncn2[C@@H]2O[C@@H]3CCC[C@H]4C[C@H](n5cc(F)c6c(N)ncnc65)O[C@@H]4COP(=O)(O)O[C@@H]2[C@@H]3F)c(=O)[nH]1. The number of fused-ring (bicyclic) bond motifs is 5. The second-order valence-electron chi connectivity index (χ2n) is 10.5. The topological polar surface area (TPSA) is 221 Å². The lowest BCUT2D eigenvalue weighted by molar-refractivity contribution is -0.0462. The summed E-state index contributed by atoms with van der Waals surface area (Å²) in [5, 5.41) is 0.0707. The number of nitrogens with two attached hydrogens (primary N) is 2. The van der Waals surface area contributed by atoms with Crippen molar-refractivity contribution in [2.45, 2.75) is 62.6 Å². The van der Waals surface area contributed by atoms with E-state index < -0.39 is 56.1 Å². The van der Waals surface area contributed by atoms with Crippen LogP contribution in [0.4, 0.5) is 20.5 Å². The van der Waals surface area contributed by atoms with Crippen molar-refractivity contribution in [1.29, 1.82) is 0 Å². The van der Waals surface area contributed by atoms with Crippen LogP contribution in [0.15, 0.2) is 23.6 Å². The van der Waals surface area contributed by atoms with E-state index in [0.29, 0.717) is 19.3 Å². The Balaban J connectivity index is 1.15. The van der Waals surface area contributed by atoms with Crippen LogP contribution in [0.2, 0.25) is 0 Å². The van der Waals surface area contributed by atoms with E-state index in [1.54, 1.807) is 0 Å². The molecule has 3 aliphatic rings. The summed E-state index contributed by atoms with van der Waals surface area (Å²) in [6, 6.07) is 0. The molecule has 0 saturated carbocycles. The van der Waals surface area contributed by atoms with Gasteiger partial charge in [0.2, 0.25) is 5.95 Å². The van der Waals surface area contributed by atoms with Crippen LogP contribution < -0.4 is 17.0 Å². The molecular formula is C23H26F2N9O7P. The number of phosphoric ester groups is 1. The van der Waals surface area contributed by atoms with Crippen LogP contribution in [-0.2, 0) is 23.1 Å². The molecule has 3 aliphatic heterocycles. The van der Waals surface area contributed by atoms with Crippen LogP contribution in [0.25, 0.3) is 22.2 Å². The zero-order valence-electron chi connectivity index (χ0n) is 21.7. The Morgan fingerprint density at radius 2 is 1.95 bits per heavy atom. The molecule has 7 rings (SSSR count). The van der Waals surface area contributed by atoms with Gasteiger partial charge in [0.15, 0.2) is 35.0 Å². The van der Waals surface area contributed by atoms with E-state index in [2.05, 4.69) is 24.9 Å². The third-order valence-corrected chi connectivity index (χ3v) is 8.96. The van der Waals surface area contributed by atoms with Crippen LogP contribution in [-0.4, -0.2) is 70.0 Å². The first-order chi connectivity index (χ1) is 20.1. The molecule has 6 N–H and O–H groups in total. The Labute approximate surface area is 234 Å². The minimum Gasteiger partial charge on any atom is -0.383 e. The van der Waals surface area contributed by atoms with E-state index in [4.69, 9.17) is 30.0 Å². The first-order valence-corrected chi connectivity index (χ1v) is 14.7. The summed E-state index contributed by atoms with van der Waals surface area (Å²) in [6.07, 6.45) is -1.73. The van der Waals surface area contributed by atoms with Gasteiger partial charge < -0.3 is 30.4 Å². The molecule has 0 amide bonds. The van der Waals surface area contributed by atoms with Gasteiger partial charge >= 0.3 is 7.82 Å². The average Bonchev–Trinajstić information content (AvgIpc) is 3.68. The maximum absolute atomic E-state index is 15.7. The molecule has 0 aromatic carbocycles. The van der Waals surface area contributed by atoms with Crippen LogP contribution in [0.5, 0.6) is 0 Å². The number of anilines is 2. The van der Waals surface area contributed by atoms with Gasteiger partial charge in [0, 0.05) is 6.20 Å². The first kappa shape index (κ1) is 27.3. The Bertz CT molecular complexity index is 1780. The molecule has 42 heavy (non-hydrogen) atoms. The highest BCUT2D eigenvalue weighted by atomic mass is 31.2. The molecule has 3 saturated heterocycles. The standard InChI is InChI=1S/C23H26F2N9O7P/c24-10-5-33(19-14(10)18(26)28-7-29-19)13-4-9-2-1-3-11-15(25)17(41-42(36,37)38-6-12(9)39-13)22(40-11)34-8-30-16-20(34)31-23(27)32-21(16)35/h5,7-9,11-13,15,17,22H,1-4,6H2,(H,36,37)(H2,26,28,29)(H3,27,31,32,35)/t9-,11+,12+,13+,15+,17+,22+/m0/s1. The Kier molecular flexibility index (Phi) is 6.52. The maximum atomic E-state index is 15.7. The number of rotatable bonds is 2. The number of ether oxygens (including phenoxy) is 2. The summed E-state index contributed by atoms with van der Waals surface area (Å²) in [5.41, 5.74) is 11.1. The zero-order valence-corrected chi connectivity index (χ0v) is 22.6. The van der Waals surface area contributed by atoms with Crippen molar-refractivity contribution in [3.8, 4) is 0 Å². The van der Waals surface area contributed by atoms with Gasteiger partial charge in [-0.1, -0.05) is 6.42 Å². The number of nitrogens with one attached hydrogen (secondary N) is 1. The van der Waals surface area contributed by atoms with E-state index in [0.717, 1.165) is 0 Å². The number of hydrogen-bond donors (Lipinski definition) is 4. The molecule has 19 heteroatoms. The van der Waals surface area contributed by atoms with Crippen molar-refractivity contribution in [1.82, 2.24) is 34.1 Å². The van der Waals surface area contributed by atoms with Gasteiger partial charge in [0.25, 0.3) is 5.56 Å². The second-order valence-corrected chi connectivity index (χ2v) is 11.9. The molecule has 16 nitrogen and oxygen atoms in total. The van der Waals surface area contributed by atoms with Crippen molar-refractivity contribution in [2.24, 2.45) is 5.92 Å². The number of hydrogen-bond acceptors (Lipinski definition) is 12. The number of alkyl halides is 1. The Morgan fingerprint density at radius 1 is 1.12 bits per heavy atom. The fourth-order valence-electron chi connectivity index (χ4n) is 6.04.